The third kappa shape index (κ3) is 3.58. The highest BCUT2D eigenvalue weighted by Gasteiger charge is 2.20. The summed E-state index contributed by atoms with van der Waals surface area (Å²) in [7, 11) is 1.70. The van der Waals surface area contributed by atoms with Gasteiger partial charge in [0.2, 0.25) is 0 Å². The number of fused-ring (bicyclic) bond motifs is 1. The van der Waals surface area contributed by atoms with Crippen molar-refractivity contribution in [2.75, 3.05) is 25.5 Å². The van der Waals surface area contributed by atoms with E-state index >= 15 is 0 Å². The second kappa shape index (κ2) is 7.62. The molecule has 0 unspecified atom stereocenters. The lowest BCUT2D eigenvalue weighted by Crippen LogP contribution is -2.37. The van der Waals surface area contributed by atoms with Crippen molar-refractivity contribution >= 4 is 5.82 Å². The Balaban J connectivity index is 1.50. The number of aromatic nitrogens is 2. The van der Waals surface area contributed by atoms with E-state index in [0.717, 1.165) is 31.2 Å². The van der Waals surface area contributed by atoms with Crippen molar-refractivity contribution in [2.24, 2.45) is 5.92 Å². The minimum atomic E-state index is 0.154. The molecule has 0 spiro atoms. The highest BCUT2D eigenvalue weighted by molar-refractivity contribution is 5.36. The molecule has 1 aromatic heterocycles. The van der Waals surface area contributed by atoms with Gasteiger partial charge in [0.1, 0.15) is 11.6 Å². The van der Waals surface area contributed by atoms with Gasteiger partial charge in [0, 0.05) is 31.6 Å². The van der Waals surface area contributed by atoms with Crippen LogP contribution in [0.25, 0.3) is 0 Å². The normalized spacial score (nSPS) is 17.2. The fourth-order valence-electron chi connectivity index (χ4n) is 3.48. The van der Waals surface area contributed by atoms with Gasteiger partial charge in [0.05, 0.1) is 19.3 Å². The van der Waals surface area contributed by atoms with Crippen molar-refractivity contribution in [1.29, 1.82) is 0 Å². The van der Waals surface area contributed by atoms with Gasteiger partial charge in [0.25, 0.3) is 0 Å². The second-order valence-electron chi connectivity index (χ2n) is 6.67. The van der Waals surface area contributed by atoms with Crippen molar-refractivity contribution in [2.45, 2.75) is 12.6 Å². The van der Waals surface area contributed by atoms with Crippen LogP contribution in [0.4, 0.5) is 5.82 Å². The summed E-state index contributed by atoms with van der Waals surface area (Å²) >= 11 is 0. The van der Waals surface area contributed by atoms with Gasteiger partial charge in [-0.2, -0.15) is 5.10 Å². The monoisotopic (exact) mass is 348 g/mol. The Kier molecular flexibility index (Phi) is 4.88. The van der Waals surface area contributed by atoms with Crippen molar-refractivity contribution in [3.63, 3.8) is 0 Å². The maximum atomic E-state index is 5.30. The average Bonchev–Trinajstić information content (AvgIpc) is 3.17. The van der Waals surface area contributed by atoms with Crippen LogP contribution in [0.5, 0.6) is 5.75 Å². The van der Waals surface area contributed by atoms with Crippen LogP contribution >= 0.6 is 0 Å². The Bertz CT molecular complexity index is 829. The molecule has 0 aliphatic carbocycles. The van der Waals surface area contributed by atoms with Crippen molar-refractivity contribution in [3.05, 3.63) is 78.0 Å². The summed E-state index contributed by atoms with van der Waals surface area (Å²) < 4.78 is 7.34. The van der Waals surface area contributed by atoms with Gasteiger partial charge in [-0.25, -0.2) is 4.68 Å². The first-order valence-corrected chi connectivity index (χ1v) is 9.01. The highest BCUT2D eigenvalue weighted by atomic mass is 16.5. The van der Waals surface area contributed by atoms with Crippen LogP contribution in [-0.2, 0) is 6.54 Å². The smallest absolute Gasteiger partial charge is 0.124 e. The first-order chi connectivity index (χ1) is 12.8. The van der Waals surface area contributed by atoms with Crippen LogP contribution in [0.15, 0.2) is 66.9 Å². The number of nitrogens with one attached hydrogen (secondary N) is 2. The van der Waals surface area contributed by atoms with E-state index in [2.05, 4.69) is 58.2 Å². The standard InChI is InChI=1S/C21H24N4O/c1-26-19-9-7-18(8-10-19)21(17-5-3-2-4-6-17)23-14-16-13-22-20-11-12-24-25(20)15-16/h2-12,16,21-23H,13-15H2,1H3/t16-,21+/m1/s1. The van der Waals surface area contributed by atoms with E-state index in [4.69, 9.17) is 4.74 Å². The molecule has 2 heterocycles. The third-order valence-corrected chi connectivity index (χ3v) is 4.91. The second-order valence-corrected chi connectivity index (χ2v) is 6.67. The van der Waals surface area contributed by atoms with Crippen LogP contribution in [0.1, 0.15) is 17.2 Å². The Morgan fingerprint density at radius 1 is 1.12 bits per heavy atom. The molecule has 1 aliphatic heterocycles. The lowest BCUT2D eigenvalue weighted by Gasteiger charge is -2.28. The predicted octanol–water partition coefficient (Wildman–Crippen LogP) is 3.31. The quantitative estimate of drug-likeness (QED) is 0.718. The van der Waals surface area contributed by atoms with E-state index in [9.17, 15) is 0 Å². The molecular weight excluding hydrogens is 324 g/mol. The van der Waals surface area contributed by atoms with Crippen LogP contribution in [0, 0.1) is 5.92 Å². The lowest BCUT2D eigenvalue weighted by atomic mass is 9.97. The van der Waals surface area contributed by atoms with Crippen molar-refractivity contribution in [1.82, 2.24) is 15.1 Å². The fraction of sp³-hybridized carbons (Fsp3) is 0.286. The zero-order chi connectivity index (χ0) is 17.8. The average molecular weight is 348 g/mol. The highest BCUT2D eigenvalue weighted by Crippen LogP contribution is 2.25. The zero-order valence-electron chi connectivity index (χ0n) is 14.9. The number of ether oxygens (including phenoxy) is 1. The molecule has 1 aliphatic rings. The number of nitrogens with zero attached hydrogens (tertiary/aromatic N) is 2. The summed E-state index contributed by atoms with van der Waals surface area (Å²) in [6, 6.07) is 21.1. The molecule has 26 heavy (non-hydrogen) atoms. The Labute approximate surface area is 154 Å². The number of methoxy groups -OCH3 is 1. The molecule has 134 valence electrons. The molecule has 0 bridgehead atoms. The molecular formula is C21H24N4O. The molecule has 0 saturated carbocycles. The Morgan fingerprint density at radius 2 is 1.88 bits per heavy atom. The van der Waals surface area contributed by atoms with E-state index in [-0.39, 0.29) is 6.04 Å². The summed E-state index contributed by atoms with van der Waals surface area (Å²) in [6.45, 7) is 2.81. The summed E-state index contributed by atoms with van der Waals surface area (Å²) in [5, 5.41) is 11.6. The topological polar surface area (TPSA) is 51.1 Å². The molecule has 0 saturated heterocycles. The maximum absolute atomic E-state index is 5.30. The van der Waals surface area contributed by atoms with Gasteiger partial charge >= 0.3 is 0 Å². The van der Waals surface area contributed by atoms with Gasteiger partial charge in [-0.1, -0.05) is 42.5 Å². The maximum Gasteiger partial charge on any atom is 0.124 e. The van der Waals surface area contributed by atoms with Gasteiger partial charge in [-0.15, -0.1) is 0 Å². The van der Waals surface area contributed by atoms with E-state index in [1.807, 2.05) is 29.1 Å². The molecule has 0 amide bonds. The predicted molar refractivity (Wildman–Crippen MR) is 103 cm³/mol. The molecule has 5 nitrogen and oxygen atoms in total. The largest absolute Gasteiger partial charge is 0.497 e. The lowest BCUT2D eigenvalue weighted by molar-refractivity contribution is 0.381. The minimum Gasteiger partial charge on any atom is -0.497 e. The molecule has 0 radical (unpaired) electrons. The number of rotatable bonds is 6. The van der Waals surface area contributed by atoms with E-state index in [1.165, 1.54) is 11.1 Å². The Morgan fingerprint density at radius 3 is 2.65 bits per heavy atom. The van der Waals surface area contributed by atoms with E-state index in [0.29, 0.717) is 5.92 Å². The van der Waals surface area contributed by atoms with Crippen LogP contribution in [0.3, 0.4) is 0 Å². The number of hydrogen-bond donors (Lipinski definition) is 2. The third-order valence-electron chi connectivity index (χ3n) is 4.91. The Hall–Kier alpha value is -2.79. The van der Waals surface area contributed by atoms with Crippen LogP contribution in [0.2, 0.25) is 0 Å². The van der Waals surface area contributed by atoms with Gasteiger partial charge in [-0.3, -0.25) is 0 Å². The molecule has 2 aromatic carbocycles. The molecule has 5 heteroatoms. The number of hydrogen-bond acceptors (Lipinski definition) is 4. The summed E-state index contributed by atoms with van der Waals surface area (Å²) in [4.78, 5) is 0. The summed E-state index contributed by atoms with van der Waals surface area (Å²) in [5.41, 5.74) is 2.50. The molecule has 3 aromatic rings. The van der Waals surface area contributed by atoms with Gasteiger partial charge in [-0.05, 0) is 23.3 Å². The van der Waals surface area contributed by atoms with Gasteiger partial charge < -0.3 is 15.4 Å². The number of anilines is 1. The van der Waals surface area contributed by atoms with Gasteiger partial charge in [0.15, 0.2) is 0 Å². The van der Waals surface area contributed by atoms with Crippen LogP contribution < -0.4 is 15.4 Å². The number of benzene rings is 2. The first-order valence-electron chi connectivity index (χ1n) is 9.01. The SMILES string of the molecule is COc1ccc([C@@H](NC[C@H]2CNc3ccnn3C2)c2ccccc2)cc1. The molecule has 0 fully saturated rings. The van der Waals surface area contributed by atoms with E-state index in [1.54, 1.807) is 7.11 Å². The molecule has 2 N–H and O–H groups in total. The first kappa shape index (κ1) is 16.7. The zero-order valence-corrected chi connectivity index (χ0v) is 14.9. The van der Waals surface area contributed by atoms with E-state index < -0.39 is 0 Å². The fourth-order valence-corrected chi connectivity index (χ4v) is 3.48. The summed E-state index contributed by atoms with van der Waals surface area (Å²) in [5.74, 6) is 2.48. The molecule has 2 atom stereocenters. The minimum absolute atomic E-state index is 0.154. The van der Waals surface area contributed by atoms with Crippen molar-refractivity contribution in [3.8, 4) is 5.75 Å². The van der Waals surface area contributed by atoms with Crippen LogP contribution in [-0.4, -0.2) is 30.0 Å². The molecule has 4 rings (SSSR count). The summed E-state index contributed by atoms with van der Waals surface area (Å²) in [6.07, 6.45) is 1.85. The van der Waals surface area contributed by atoms with Crippen molar-refractivity contribution < 1.29 is 4.74 Å².